The van der Waals surface area contributed by atoms with Crippen LogP contribution in [0.5, 0.6) is 0 Å². The zero-order chi connectivity index (χ0) is 15.5. The van der Waals surface area contributed by atoms with Crippen LogP contribution in [-0.2, 0) is 11.3 Å². The Balaban J connectivity index is 1.69. The first-order chi connectivity index (χ1) is 10.6. The standard InChI is InChI=1S/C14H13F2N3OS2/c15-10-4-3-9(11(16)6-10)7-19-5-1-2-12(13(19)20)22-14-18-17-8-21-14/h3-4,6,8,12H,1-2,5,7H2/t12-/m0/s1. The lowest BCUT2D eigenvalue weighted by Crippen LogP contribution is -2.42. The number of carbonyl (C=O) groups is 1. The zero-order valence-corrected chi connectivity index (χ0v) is 13.2. The average Bonchev–Trinajstić information content (AvgIpc) is 2.99. The van der Waals surface area contributed by atoms with E-state index in [1.165, 1.54) is 35.2 Å². The van der Waals surface area contributed by atoms with Gasteiger partial charge in [0.1, 0.15) is 17.1 Å². The summed E-state index contributed by atoms with van der Waals surface area (Å²) in [4.78, 5) is 14.1. The molecule has 0 aliphatic carbocycles. The van der Waals surface area contributed by atoms with Crippen LogP contribution in [-0.4, -0.2) is 32.8 Å². The smallest absolute Gasteiger partial charge is 0.236 e. The predicted octanol–water partition coefficient (Wildman–Crippen LogP) is 3.10. The van der Waals surface area contributed by atoms with Gasteiger partial charge in [-0.05, 0) is 18.9 Å². The Morgan fingerprint density at radius 1 is 1.41 bits per heavy atom. The highest BCUT2D eigenvalue weighted by molar-refractivity contribution is 8.02. The second kappa shape index (κ2) is 6.70. The second-order valence-electron chi connectivity index (χ2n) is 4.95. The summed E-state index contributed by atoms with van der Waals surface area (Å²) in [6, 6.07) is 3.44. The number of piperidine rings is 1. The van der Waals surface area contributed by atoms with E-state index in [9.17, 15) is 13.6 Å². The van der Waals surface area contributed by atoms with Crippen LogP contribution >= 0.6 is 23.1 Å². The molecule has 0 unspecified atom stereocenters. The minimum Gasteiger partial charge on any atom is -0.337 e. The number of thioether (sulfide) groups is 1. The van der Waals surface area contributed by atoms with E-state index in [0.717, 1.165) is 23.2 Å². The van der Waals surface area contributed by atoms with Crippen LogP contribution < -0.4 is 0 Å². The normalized spacial score (nSPS) is 18.7. The molecule has 116 valence electrons. The van der Waals surface area contributed by atoms with Gasteiger partial charge in [0.05, 0.1) is 5.25 Å². The van der Waals surface area contributed by atoms with Gasteiger partial charge in [-0.15, -0.1) is 10.2 Å². The van der Waals surface area contributed by atoms with Gasteiger partial charge in [0.15, 0.2) is 4.34 Å². The molecule has 3 rings (SSSR count). The zero-order valence-electron chi connectivity index (χ0n) is 11.5. The van der Waals surface area contributed by atoms with Crippen LogP contribution in [0.3, 0.4) is 0 Å². The molecule has 22 heavy (non-hydrogen) atoms. The lowest BCUT2D eigenvalue weighted by molar-refractivity contribution is -0.133. The Labute approximate surface area is 134 Å². The Morgan fingerprint density at radius 2 is 2.27 bits per heavy atom. The Morgan fingerprint density at radius 3 is 3.00 bits per heavy atom. The van der Waals surface area contributed by atoms with Gasteiger partial charge in [0.25, 0.3) is 0 Å². The molecule has 1 fully saturated rings. The van der Waals surface area contributed by atoms with E-state index in [1.807, 2.05) is 0 Å². The average molecular weight is 341 g/mol. The monoisotopic (exact) mass is 341 g/mol. The summed E-state index contributed by atoms with van der Waals surface area (Å²) in [6.45, 7) is 0.751. The lowest BCUT2D eigenvalue weighted by atomic mass is 10.1. The van der Waals surface area contributed by atoms with Gasteiger partial charge in [-0.25, -0.2) is 8.78 Å². The van der Waals surface area contributed by atoms with Crippen molar-refractivity contribution in [2.45, 2.75) is 29.0 Å². The quantitative estimate of drug-likeness (QED) is 0.857. The molecule has 4 nitrogen and oxygen atoms in total. The Kier molecular flexibility index (Phi) is 4.68. The number of hydrogen-bond acceptors (Lipinski definition) is 5. The summed E-state index contributed by atoms with van der Waals surface area (Å²) in [7, 11) is 0. The molecule has 1 aromatic heterocycles. The molecular formula is C14H13F2N3OS2. The maximum absolute atomic E-state index is 13.7. The highest BCUT2D eigenvalue weighted by Gasteiger charge is 2.30. The third-order valence-corrected chi connectivity index (χ3v) is 5.51. The maximum atomic E-state index is 13.7. The van der Waals surface area contributed by atoms with Gasteiger partial charge < -0.3 is 4.90 Å². The molecule has 1 saturated heterocycles. The van der Waals surface area contributed by atoms with E-state index in [2.05, 4.69) is 10.2 Å². The van der Waals surface area contributed by atoms with Crippen molar-refractivity contribution in [3.63, 3.8) is 0 Å². The first-order valence-corrected chi connectivity index (χ1v) is 8.55. The van der Waals surface area contributed by atoms with Gasteiger partial charge in [-0.3, -0.25) is 4.79 Å². The van der Waals surface area contributed by atoms with Crippen LogP contribution in [0, 0.1) is 11.6 Å². The molecule has 1 aliphatic heterocycles. The van der Waals surface area contributed by atoms with Gasteiger partial charge in [0.2, 0.25) is 5.91 Å². The number of rotatable bonds is 4. The van der Waals surface area contributed by atoms with Crippen molar-refractivity contribution in [2.75, 3.05) is 6.54 Å². The van der Waals surface area contributed by atoms with E-state index in [4.69, 9.17) is 0 Å². The van der Waals surface area contributed by atoms with E-state index in [-0.39, 0.29) is 17.7 Å². The van der Waals surface area contributed by atoms with E-state index in [0.29, 0.717) is 12.1 Å². The van der Waals surface area contributed by atoms with Crippen molar-refractivity contribution in [2.24, 2.45) is 0 Å². The minimum absolute atomic E-state index is 0.0322. The fraction of sp³-hybridized carbons (Fsp3) is 0.357. The van der Waals surface area contributed by atoms with Crippen LogP contribution in [0.25, 0.3) is 0 Å². The first kappa shape index (κ1) is 15.4. The van der Waals surface area contributed by atoms with Crippen molar-refractivity contribution in [3.05, 3.63) is 40.9 Å². The van der Waals surface area contributed by atoms with Crippen molar-refractivity contribution in [1.29, 1.82) is 0 Å². The number of halogens is 2. The molecule has 0 spiro atoms. The molecule has 0 saturated carbocycles. The van der Waals surface area contributed by atoms with E-state index < -0.39 is 11.6 Å². The molecule has 2 aromatic rings. The van der Waals surface area contributed by atoms with Gasteiger partial charge >= 0.3 is 0 Å². The summed E-state index contributed by atoms with van der Waals surface area (Å²) >= 11 is 2.80. The summed E-state index contributed by atoms with van der Waals surface area (Å²) in [5, 5.41) is 7.48. The molecular weight excluding hydrogens is 328 g/mol. The van der Waals surface area contributed by atoms with Crippen LogP contribution in [0.1, 0.15) is 18.4 Å². The summed E-state index contributed by atoms with van der Waals surface area (Å²) in [5.41, 5.74) is 1.96. The number of likely N-dealkylation sites (tertiary alicyclic amines) is 1. The third-order valence-electron chi connectivity index (χ3n) is 3.44. The number of amides is 1. The van der Waals surface area contributed by atoms with Gasteiger partial charge in [-0.2, -0.15) is 0 Å². The SMILES string of the molecule is O=C1[C@@H](Sc2nncs2)CCCN1Cc1ccc(F)cc1F. The van der Waals surface area contributed by atoms with Crippen LogP contribution in [0.2, 0.25) is 0 Å². The van der Waals surface area contributed by atoms with Crippen molar-refractivity contribution in [3.8, 4) is 0 Å². The molecule has 2 heterocycles. The van der Waals surface area contributed by atoms with Crippen molar-refractivity contribution in [1.82, 2.24) is 15.1 Å². The molecule has 8 heteroatoms. The lowest BCUT2D eigenvalue weighted by Gasteiger charge is -2.31. The highest BCUT2D eigenvalue weighted by atomic mass is 32.2. The van der Waals surface area contributed by atoms with Crippen LogP contribution in [0.4, 0.5) is 8.78 Å². The van der Waals surface area contributed by atoms with E-state index >= 15 is 0 Å². The van der Waals surface area contributed by atoms with E-state index in [1.54, 1.807) is 10.4 Å². The van der Waals surface area contributed by atoms with Crippen molar-refractivity contribution < 1.29 is 13.6 Å². The Bertz CT molecular complexity index is 666. The first-order valence-electron chi connectivity index (χ1n) is 6.79. The summed E-state index contributed by atoms with van der Waals surface area (Å²) in [6.07, 6.45) is 1.62. The minimum atomic E-state index is -0.619. The largest absolute Gasteiger partial charge is 0.337 e. The maximum Gasteiger partial charge on any atom is 0.236 e. The molecule has 0 N–H and O–H groups in total. The second-order valence-corrected chi connectivity index (χ2v) is 7.23. The van der Waals surface area contributed by atoms with Gasteiger partial charge in [0, 0.05) is 24.7 Å². The summed E-state index contributed by atoms with van der Waals surface area (Å²) in [5.74, 6) is -1.27. The summed E-state index contributed by atoms with van der Waals surface area (Å²) < 4.78 is 27.4. The number of nitrogens with zero attached hydrogens (tertiary/aromatic N) is 3. The third kappa shape index (κ3) is 3.44. The van der Waals surface area contributed by atoms with Crippen LogP contribution in [0.15, 0.2) is 28.0 Å². The number of carbonyl (C=O) groups excluding carboxylic acids is 1. The molecule has 1 aromatic carbocycles. The molecule has 1 aliphatic rings. The molecule has 1 amide bonds. The van der Waals surface area contributed by atoms with Gasteiger partial charge in [-0.1, -0.05) is 29.2 Å². The molecule has 0 radical (unpaired) electrons. The molecule has 0 bridgehead atoms. The molecule has 1 atom stereocenters. The predicted molar refractivity (Wildman–Crippen MR) is 80.6 cm³/mol. The highest BCUT2D eigenvalue weighted by Crippen LogP contribution is 2.31. The number of aromatic nitrogens is 2. The Hall–Kier alpha value is -1.54. The fourth-order valence-electron chi connectivity index (χ4n) is 2.36. The topological polar surface area (TPSA) is 46.1 Å². The number of benzene rings is 1. The van der Waals surface area contributed by atoms with Crippen molar-refractivity contribution >= 4 is 29.0 Å². The number of hydrogen-bond donors (Lipinski definition) is 0. The fourth-order valence-corrected chi connectivity index (χ4v) is 4.21.